The third kappa shape index (κ3) is 5.18. The molecule has 0 saturated carbocycles. The van der Waals surface area contributed by atoms with Crippen LogP contribution in [-0.2, 0) is 4.79 Å². The molecule has 2 aromatic rings. The Bertz CT molecular complexity index is 1190. The Hall–Kier alpha value is -3.36. The van der Waals surface area contributed by atoms with E-state index in [0.717, 1.165) is 4.90 Å². The van der Waals surface area contributed by atoms with Crippen LogP contribution in [0.4, 0.5) is 19.0 Å². The van der Waals surface area contributed by atoms with Gasteiger partial charge in [-0.15, -0.1) is 0 Å². The summed E-state index contributed by atoms with van der Waals surface area (Å²) < 4.78 is 39.0. The van der Waals surface area contributed by atoms with E-state index < -0.39 is 17.7 Å². The highest BCUT2D eigenvalue weighted by Crippen LogP contribution is 2.33. The lowest BCUT2D eigenvalue weighted by molar-refractivity contribution is -0.250. The van der Waals surface area contributed by atoms with Crippen LogP contribution in [0.2, 0.25) is 5.02 Å². The van der Waals surface area contributed by atoms with Gasteiger partial charge in [0.1, 0.15) is 11.9 Å². The summed E-state index contributed by atoms with van der Waals surface area (Å²) in [5.41, 5.74) is -1.67. The topological polar surface area (TPSA) is 101 Å². The molecule has 0 bridgehead atoms. The first-order valence-corrected chi connectivity index (χ1v) is 10.9. The molecule has 1 fully saturated rings. The summed E-state index contributed by atoms with van der Waals surface area (Å²) in [4.78, 5) is 32.8. The minimum atomic E-state index is -5.09. The van der Waals surface area contributed by atoms with E-state index >= 15 is 0 Å². The molecule has 1 saturated heterocycles. The number of nitrogens with zero attached hydrogens (tertiary/aromatic N) is 5. The maximum Gasteiger partial charge on any atom is 0.426 e. The standard InChI is InChI=1S/C23H23ClF3N5O3/c1-22(35,23(25,26)27)21(34)32-8-6-31(7-9-32)19-15(12-28)10-16(13-29-19)14-4-5-17(18(24)11-14)20(33)30(2)3/h4-5,10-11,13,35H,6-9H2,1-3H3/t22-/m1/s1. The number of hydrogen-bond acceptors (Lipinski definition) is 6. The quantitative estimate of drug-likeness (QED) is 0.680. The van der Waals surface area contributed by atoms with Gasteiger partial charge in [0.05, 0.1) is 16.1 Å². The van der Waals surface area contributed by atoms with E-state index in [1.807, 2.05) is 0 Å². The SMILES string of the molecule is CN(C)C(=O)c1ccc(-c2cnc(N3CCN(C(=O)[C@@](C)(O)C(F)(F)F)CC3)c(C#N)c2)cc1Cl. The van der Waals surface area contributed by atoms with Crippen molar-refractivity contribution in [2.45, 2.75) is 18.7 Å². The number of nitriles is 1. The van der Waals surface area contributed by atoms with Gasteiger partial charge in [-0.1, -0.05) is 17.7 Å². The summed E-state index contributed by atoms with van der Waals surface area (Å²) >= 11 is 6.28. The van der Waals surface area contributed by atoms with E-state index in [-0.39, 0.29) is 42.7 Å². The number of pyridine rings is 1. The number of carbonyl (C=O) groups excluding carboxylic acids is 2. The van der Waals surface area contributed by atoms with Gasteiger partial charge in [0, 0.05) is 52.0 Å². The molecule has 12 heteroatoms. The van der Waals surface area contributed by atoms with E-state index in [9.17, 15) is 33.1 Å². The highest BCUT2D eigenvalue weighted by molar-refractivity contribution is 6.34. The zero-order valence-corrected chi connectivity index (χ0v) is 20.0. The maximum absolute atomic E-state index is 13.0. The Labute approximate surface area is 205 Å². The fourth-order valence-corrected chi connectivity index (χ4v) is 3.87. The summed E-state index contributed by atoms with van der Waals surface area (Å²) in [7, 11) is 3.23. The van der Waals surface area contributed by atoms with Crippen molar-refractivity contribution < 1.29 is 27.9 Å². The molecule has 1 aromatic heterocycles. The Morgan fingerprint density at radius 2 is 1.77 bits per heavy atom. The second-order valence-electron chi connectivity index (χ2n) is 8.45. The molecular formula is C23H23ClF3N5O3. The molecule has 0 spiro atoms. The number of benzene rings is 1. The number of rotatable bonds is 4. The third-order valence-electron chi connectivity index (χ3n) is 5.76. The predicted molar refractivity (Wildman–Crippen MR) is 123 cm³/mol. The Morgan fingerprint density at radius 1 is 1.14 bits per heavy atom. The van der Waals surface area contributed by atoms with E-state index in [2.05, 4.69) is 11.1 Å². The number of amides is 2. The fourth-order valence-electron chi connectivity index (χ4n) is 3.61. The van der Waals surface area contributed by atoms with Crippen LogP contribution in [0, 0.1) is 11.3 Å². The van der Waals surface area contributed by atoms with Gasteiger partial charge in [-0.05, 0) is 30.7 Å². The van der Waals surface area contributed by atoms with Gasteiger partial charge >= 0.3 is 6.18 Å². The molecule has 2 amide bonds. The maximum atomic E-state index is 13.0. The molecule has 8 nitrogen and oxygen atoms in total. The first kappa shape index (κ1) is 26.2. The molecule has 35 heavy (non-hydrogen) atoms. The van der Waals surface area contributed by atoms with Gasteiger partial charge in [-0.2, -0.15) is 18.4 Å². The largest absolute Gasteiger partial charge is 0.426 e. The Kier molecular flexibility index (Phi) is 7.29. The molecular weight excluding hydrogens is 487 g/mol. The number of aromatic nitrogens is 1. The van der Waals surface area contributed by atoms with E-state index in [1.165, 1.54) is 11.1 Å². The van der Waals surface area contributed by atoms with Gasteiger partial charge in [0.25, 0.3) is 11.8 Å². The number of aliphatic hydroxyl groups is 1. The highest BCUT2D eigenvalue weighted by atomic mass is 35.5. The minimum Gasteiger partial charge on any atom is -0.373 e. The fraction of sp³-hybridized carbons (Fsp3) is 0.391. The molecule has 3 rings (SSSR count). The van der Waals surface area contributed by atoms with E-state index in [1.54, 1.807) is 43.3 Å². The highest BCUT2D eigenvalue weighted by Gasteiger charge is 2.57. The Morgan fingerprint density at radius 3 is 2.29 bits per heavy atom. The van der Waals surface area contributed by atoms with Gasteiger partial charge < -0.3 is 19.8 Å². The molecule has 1 aliphatic heterocycles. The van der Waals surface area contributed by atoms with Gasteiger partial charge in [0.2, 0.25) is 5.60 Å². The van der Waals surface area contributed by atoms with Gasteiger partial charge in [0.15, 0.2) is 0 Å². The van der Waals surface area contributed by atoms with Crippen LogP contribution in [0.1, 0.15) is 22.8 Å². The van der Waals surface area contributed by atoms with Crippen molar-refractivity contribution in [3.05, 3.63) is 46.6 Å². The molecule has 0 radical (unpaired) electrons. The van der Waals surface area contributed by atoms with Crippen LogP contribution in [0.5, 0.6) is 0 Å². The molecule has 0 unspecified atom stereocenters. The summed E-state index contributed by atoms with van der Waals surface area (Å²) in [6.07, 6.45) is -3.56. The monoisotopic (exact) mass is 509 g/mol. The van der Waals surface area contributed by atoms with E-state index in [4.69, 9.17) is 11.6 Å². The van der Waals surface area contributed by atoms with Crippen molar-refractivity contribution in [3.8, 4) is 17.2 Å². The lowest BCUT2D eigenvalue weighted by Crippen LogP contribution is -2.60. The zero-order valence-electron chi connectivity index (χ0n) is 19.2. The second-order valence-corrected chi connectivity index (χ2v) is 8.86. The average molecular weight is 510 g/mol. The molecule has 1 N–H and O–H groups in total. The van der Waals surface area contributed by atoms with Crippen LogP contribution in [-0.4, -0.2) is 83.8 Å². The average Bonchev–Trinajstić information content (AvgIpc) is 2.82. The van der Waals surface area contributed by atoms with Crippen molar-refractivity contribution in [1.82, 2.24) is 14.8 Å². The third-order valence-corrected chi connectivity index (χ3v) is 6.07. The van der Waals surface area contributed by atoms with Crippen LogP contribution >= 0.6 is 11.6 Å². The van der Waals surface area contributed by atoms with Crippen molar-refractivity contribution in [2.75, 3.05) is 45.2 Å². The number of anilines is 1. The summed E-state index contributed by atoms with van der Waals surface area (Å²) in [6.45, 7) is 0.555. The van der Waals surface area contributed by atoms with Crippen LogP contribution in [0.15, 0.2) is 30.5 Å². The van der Waals surface area contributed by atoms with E-state index in [0.29, 0.717) is 29.4 Å². The van der Waals surface area contributed by atoms with Crippen LogP contribution in [0.25, 0.3) is 11.1 Å². The number of hydrogen-bond donors (Lipinski definition) is 1. The summed E-state index contributed by atoms with van der Waals surface area (Å²) in [5.74, 6) is -1.33. The van der Waals surface area contributed by atoms with Crippen LogP contribution < -0.4 is 4.90 Å². The predicted octanol–water partition coefficient (Wildman–Crippen LogP) is 2.94. The summed E-state index contributed by atoms with van der Waals surface area (Å²) in [6, 6.07) is 8.56. The van der Waals surface area contributed by atoms with Crippen molar-refractivity contribution in [2.24, 2.45) is 0 Å². The minimum absolute atomic E-state index is 0.0731. The van der Waals surface area contributed by atoms with Crippen molar-refractivity contribution in [3.63, 3.8) is 0 Å². The number of halogens is 4. The number of piperazine rings is 1. The van der Waals surface area contributed by atoms with Gasteiger partial charge in [-0.25, -0.2) is 4.98 Å². The zero-order chi connectivity index (χ0) is 26.1. The van der Waals surface area contributed by atoms with Crippen LogP contribution in [0.3, 0.4) is 0 Å². The molecule has 186 valence electrons. The normalized spacial score (nSPS) is 15.9. The molecule has 2 heterocycles. The summed E-state index contributed by atoms with van der Waals surface area (Å²) in [5, 5.41) is 19.6. The first-order chi connectivity index (χ1) is 16.3. The van der Waals surface area contributed by atoms with Gasteiger partial charge in [-0.3, -0.25) is 9.59 Å². The molecule has 1 atom stereocenters. The smallest absolute Gasteiger partial charge is 0.373 e. The number of alkyl halides is 3. The second kappa shape index (κ2) is 9.71. The van der Waals surface area contributed by atoms with Crippen molar-refractivity contribution in [1.29, 1.82) is 5.26 Å². The number of carbonyl (C=O) groups is 2. The molecule has 0 aliphatic carbocycles. The Balaban J connectivity index is 1.78. The molecule has 1 aliphatic rings. The first-order valence-electron chi connectivity index (χ1n) is 10.5. The lowest BCUT2D eigenvalue weighted by atomic mass is 10.0. The lowest BCUT2D eigenvalue weighted by Gasteiger charge is -2.39. The molecule has 1 aromatic carbocycles. The van der Waals surface area contributed by atoms with Crippen molar-refractivity contribution >= 4 is 29.2 Å².